The Morgan fingerprint density at radius 2 is 2.00 bits per heavy atom. The number of carbonyl (C=O) groups excluding carboxylic acids is 1. The van der Waals surface area contributed by atoms with E-state index in [1.54, 1.807) is 13.8 Å². The van der Waals surface area contributed by atoms with E-state index in [1.165, 1.54) is 6.92 Å². The van der Waals surface area contributed by atoms with Crippen molar-refractivity contribution in [1.82, 2.24) is 0 Å². The van der Waals surface area contributed by atoms with Gasteiger partial charge in [-0.1, -0.05) is 0 Å². The number of ketones is 1. The van der Waals surface area contributed by atoms with Gasteiger partial charge < -0.3 is 9.47 Å². The van der Waals surface area contributed by atoms with E-state index >= 15 is 0 Å². The molecule has 0 N–H and O–H groups in total. The fraction of sp³-hybridized carbons (Fsp3) is 0.462. The van der Waals surface area contributed by atoms with Crippen LogP contribution in [0.1, 0.15) is 31.1 Å². The zero-order chi connectivity index (χ0) is 13.7. The van der Waals surface area contributed by atoms with Crippen LogP contribution in [0.3, 0.4) is 0 Å². The summed E-state index contributed by atoms with van der Waals surface area (Å²) >= 11 is 0. The Labute approximate surface area is 105 Å². The van der Waals surface area contributed by atoms with Crippen molar-refractivity contribution < 1.29 is 23.0 Å². The molecule has 1 aromatic rings. The number of Topliss-reactive ketones (excluding diaryl/α,β-unsaturated/α-hetero) is 1. The van der Waals surface area contributed by atoms with E-state index < -0.39 is 29.8 Å². The number of carbonyl (C=O) groups is 1. The second-order valence-electron chi connectivity index (χ2n) is 3.79. The number of halogens is 2. The fourth-order valence-electron chi connectivity index (χ4n) is 1.53. The molecule has 100 valence electrons. The normalized spacial score (nSPS) is 14.3. The highest BCUT2D eigenvalue weighted by Crippen LogP contribution is 2.14. The van der Waals surface area contributed by atoms with Crippen molar-refractivity contribution in [2.24, 2.45) is 0 Å². The summed E-state index contributed by atoms with van der Waals surface area (Å²) in [5.41, 5.74) is -0.187. The van der Waals surface area contributed by atoms with Crippen LogP contribution in [0, 0.1) is 11.6 Å². The van der Waals surface area contributed by atoms with Crippen LogP contribution in [0.5, 0.6) is 0 Å². The minimum absolute atomic E-state index is 0.187. The van der Waals surface area contributed by atoms with Crippen molar-refractivity contribution in [1.29, 1.82) is 0 Å². The summed E-state index contributed by atoms with van der Waals surface area (Å²) in [7, 11) is 0. The lowest BCUT2D eigenvalue weighted by atomic mass is 10.1. The van der Waals surface area contributed by atoms with E-state index in [4.69, 9.17) is 9.47 Å². The van der Waals surface area contributed by atoms with Gasteiger partial charge in [0.2, 0.25) is 0 Å². The largest absolute Gasteiger partial charge is 0.353 e. The van der Waals surface area contributed by atoms with Crippen molar-refractivity contribution in [3.8, 4) is 0 Å². The monoisotopic (exact) mass is 258 g/mol. The summed E-state index contributed by atoms with van der Waals surface area (Å²) < 4.78 is 36.5. The second-order valence-corrected chi connectivity index (χ2v) is 3.79. The van der Waals surface area contributed by atoms with E-state index in [0.29, 0.717) is 12.7 Å². The maximum absolute atomic E-state index is 13.4. The molecule has 0 aromatic heterocycles. The van der Waals surface area contributed by atoms with Crippen LogP contribution in [0.15, 0.2) is 18.2 Å². The molecule has 0 saturated carbocycles. The Morgan fingerprint density at radius 1 is 1.33 bits per heavy atom. The molecular weight excluding hydrogens is 242 g/mol. The van der Waals surface area contributed by atoms with Gasteiger partial charge >= 0.3 is 0 Å². The minimum Gasteiger partial charge on any atom is -0.353 e. The highest BCUT2D eigenvalue weighted by Gasteiger charge is 2.21. The van der Waals surface area contributed by atoms with E-state index in [0.717, 1.165) is 12.1 Å². The first-order valence-electron chi connectivity index (χ1n) is 5.72. The van der Waals surface area contributed by atoms with Crippen molar-refractivity contribution >= 4 is 5.78 Å². The summed E-state index contributed by atoms with van der Waals surface area (Å²) in [6.45, 7) is 5.40. The third-order valence-corrected chi connectivity index (χ3v) is 2.36. The summed E-state index contributed by atoms with van der Waals surface area (Å²) in [4.78, 5) is 11.9. The molecule has 2 unspecified atom stereocenters. The Bertz CT molecular complexity index is 421. The highest BCUT2D eigenvalue weighted by atomic mass is 19.1. The molecule has 0 amide bonds. The van der Waals surface area contributed by atoms with Crippen molar-refractivity contribution in [3.05, 3.63) is 35.4 Å². The van der Waals surface area contributed by atoms with Gasteiger partial charge in [0.15, 0.2) is 12.1 Å². The molecule has 1 rings (SSSR count). The van der Waals surface area contributed by atoms with Crippen LogP contribution in [0.25, 0.3) is 0 Å². The molecule has 0 aliphatic rings. The first-order valence-corrected chi connectivity index (χ1v) is 5.72. The topological polar surface area (TPSA) is 35.5 Å². The molecule has 0 fully saturated rings. The van der Waals surface area contributed by atoms with Crippen molar-refractivity contribution in [2.45, 2.75) is 33.2 Å². The van der Waals surface area contributed by atoms with Gasteiger partial charge in [-0.2, -0.15) is 0 Å². The molecule has 0 aliphatic carbocycles. The summed E-state index contributed by atoms with van der Waals surface area (Å²) in [5.74, 6) is -2.15. The standard InChI is InChI=1S/C13H16F2O3/c1-4-17-9(3)18-8(2)13(16)11-6-5-10(14)7-12(11)15/h5-9H,4H2,1-3H3. The molecule has 0 aliphatic heterocycles. The number of ether oxygens (including phenoxy) is 2. The smallest absolute Gasteiger partial charge is 0.194 e. The van der Waals surface area contributed by atoms with Crippen LogP contribution in [-0.4, -0.2) is 24.8 Å². The molecule has 0 spiro atoms. The third kappa shape index (κ3) is 3.85. The van der Waals surface area contributed by atoms with Crippen LogP contribution in [0.2, 0.25) is 0 Å². The van der Waals surface area contributed by atoms with Crippen molar-refractivity contribution in [3.63, 3.8) is 0 Å². The molecular formula is C13H16F2O3. The van der Waals surface area contributed by atoms with Gasteiger partial charge in [0.1, 0.15) is 17.7 Å². The SMILES string of the molecule is CCOC(C)OC(C)C(=O)c1ccc(F)cc1F. The Balaban J connectivity index is 2.74. The summed E-state index contributed by atoms with van der Waals surface area (Å²) in [5, 5.41) is 0. The predicted molar refractivity (Wildman–Crippen MR) is 62.3 cm³/mol. The summed E-state index contributed by atoms with van der Waals surface area (Å²) in [6.07, 6.45) is -1.41. The molecule has 5 heteroatoms. The van der Waals surface area contributed by atoms with Crippen LogP contribution >= 0.6 is 0 Å². The predicted octanol–water partition coefficient (Wildman–Crippen LogP) is 2.94. The van der Waals surface area contributed by atoms with Crippen molar-refractivity contribution in [2.75, 3.05) is 6.61 Å². The second kappa shape index (κ2) is 6.56. The first kappa shape index (κ1) is 14.7. The lowest BCUT2D eigenvalue weighted by Crippen LogP contribution is -2.27. The van der Waals surface area contributed by atoms with Gasteiger partial charge in [-0.25, -0.2) is 8.78 Å². The van der Waals surface area contributed by atoms with E-state index in [9.17, 15) is 13.6 Å². The number of benzene rings is 1. The maximum atomic E-state index is 13.4. The van der Waals surface area contributed by atoms with Crippen LogP contribution in [0.4, 0.5) is 8.78 Å². The number of rotatable bonds is 6. The minimum atomic E-state index is -0.889. The van der Waals surface area contributed by atoms with Gasteiger partial charge in [-0.3, -0.25) is 4.79 Å². The lowest BCUT2D eigenvalue weighted by molar-refractivity contribution is -0.142. The van der Waals surface area contributed by atoms with Gasteiger partial charge in [0, 0.05) is 12.7 Å². The average molecular weight is 258 g/mol. The Kier molecular flexibility index (Phi) is 5.37. The zero-order valence-electron chi connectivity index (χ0n) is 10.6. The summed E-state index contributed by atoms with van der Waals surface area (Å²) in [6, 6.07) is 2.82. The van der Waals surface area contributed by atoms with E-state index in [1.807, 2.05) is 0 Å². The Hall–Kier alpha value is -1.33. The van der Waals surface area contributed by atoms with Gasteiger partial charge in [-0.05, 0) is 32.9 Å². The average Bonchev–Trinajstić information content (AvgIpc) is 2.28. The molecule has 1 aromatic carbocycles. The van der Waals surface area contributed by atoms with Crippen LogP contribution in [-0.2, 0) is 9.47 Å². The highest BCUT2D eigenvalue weighted by molar-refractivity contribution is 5.99. The van der Waals surface area contributed by atoms with E-state index in [2.05, 4.69) is 0 Å². The first-order chi connectivity index (χ1) is 8.45. The molecule has 0 bridgehead atoms. The number of hydrogen-bond acceptors (Lipinski definition) is 3. The molecule has 2 atom stereocenters. The third-order valence-electron chi connectivity index (χ3n) is 2.36. The Morgan fingerprint density at radius 3 is 2.56 bits per heavy atom. The molecule has 3 nitrogen and oxygen atoms in total. The van der Waals surface area contributed by atoms with Gasteiger partial charge in [0.25, 0.3) is 0 Å². The van der Waals surface area contributed by atoms with E-state index in [-0.39, 0.29) is 5.56 Å². The maximum Gasteiger partial charge on any atom is 0.194 e. The van der Waals surface area contributed by atoms with Gasteiger partial charge in [-0.15, -0.1) is 0 Å². The lowest BCUT2D eigenvalue weighted by Gasteiger charge is -2.18. The number of hydrogen-bond donors (Lipinski definition) is 0. The molecule has 0 saturated heterocycles. The quantitative estimate of drug-likeness (QED) is 0.581. The molecule has 18 heavy (non-hydrogen) atoms. The fourth-order valence-corrected chi connectivity index (χ4v) is 1.53. The van der Waals surface area contributed by atoms with Gasteiger partial charge in [0.05, 0.1) is 5.56 Å². The molecule has 0 heterocycles. The zero-order valence-corrected chi connectivity index (χ0v) is 10.6. The molecule has 0 radical (unpaired) electrons. The van der Waals surface area contributed by atoms with Crippen LogP contribution < -0.4 is 0 Å².